The molecule has 0 aromatic heterocycles. The first kappa shape index (κ1) is 12.1. The highest BCUT2D eigenvalue weighted by Crippen LogP contribution is 2.66. The topological polar surface area (TPSA) is 71.1 Å². The summed E-state index contributed by atoms with van der Waals surface area (Å²) in [6.45, 7) is 2.27. The van der Waals surface area contributed by atoms with Gasteiger partial charge in [0.2, 0.25) is 0 Å². The lowest BCUT2D eigenvalue weighted by atomic mass is 9.50. The van der Waals surface area contributed by atoms with Crippen molar-refractivity contribution in [3.05, 3.63) is 0 Å². The standard InChI is InChI=1S/C12H16O6/c1-3-16-10(14)11-7-4-8(11)9(13)6-18-12(11,15-2)17-5-7/h7-8H,3-6H2,1-2H3. The van der Waals surface area contributed by atoms with E-state index in [-0.39, 0.29) is 24.9 Å². The maximum Gasteiger partial charge on any atom is 0.321 e. The second kappa shape index (κ2) is 3.76. The van der Waals surface area contributed by atoms with Gasteiger partial charge in [0.15, 0.2) is 11.2 Å². The first-order valence-electron chi connectivity index (χ1n) is 6.15. The molecule has 0 aromatic carbocycles. The van der Waals surface area contributed by atoms with Crippen molar-refractivity contribution in [1.29, 1.82) is 0 Å². The van der Waals surface area contributed by atoms with E-state index in [2.05, 4.69) is 0 Å². The third-order valence-electron chi connectivity index (χ3n) is 4.37. The molecule has 0 bridgehead atoms. The summed E-state index contributed by atoms with van der Waals surface area (Å²) in [6.07, 6.45) is 0.645. The monoisotopic (exact) mass is 256 g/mol. The summed E-state index contributed by atoms with van der Waals surface area (Å²) < 4.78 is 21.5. The summed E-state index contributed by atoms with van der Waals surface area (Å²) in [5, 5.41) is 0. The summed E-state index contributed by atoms with van der Waals surface area (Å²) in [5.41, 5.74) is -1.10. The van der Waals surface area contributed by atoms with Crippen molar-refractivity contribution in [3.63, 3.8) is 0 Å². The van der Waals surface area contributed by atoms with Crippen molar-refractivity contribution in [3.8, 4) is 0 Å². The fourth-order valence-electron chi connectivity index (χ4n) is 3.56. The molecule has 2 saturated heterocycles. The van der Waals surface area contributed by atoms with E-state index in [9.17, 15) is 9.59 Å². The van der Waals surface area contributed by atoms with Gasteiger partial charge in [0.05, 0.1) is 13.2 Å². The lowest BCUT2D eigenvalue weighted by Gasteiger charge is -2.55. The second-order valence-electron chi connectivity index (χ2n) is 4.90. The van der Waals surface area contributed by atoms with Gasteiger partial charge in [-0.1, -0.05) is 0 Å². The third-order valence-corrected chi connectivity index (χ3v) is 4.37. The highest BCUT2D eigenvalue weighted by molar-refractivity contribution is 5.94. The molecule has 6 heteroatoms. The lowest BCUT2D eigenvalue weighted by molar-refractivity contribution is -0.409. The van der Waals surface area contributed by atoms with Gasteiger partial charge >= 0.3 is 11.9 Å². The Hall–Kier alpha value is -0.980. The molecule has 100 valence electrons. The zero-order valence-electron chi connectivity index (χ0n) is 10.4. The number of rotatable bonds is 3. The van der Waals surface area contributed by atoms with Crippen LogP contribution in [0.15, 0.2) is 0 Å². The van der Waals surface area contributed by atoms with E-state index in [1.165, 1.54) is 7.11 Å². The van der Waals surface area contributed by atoms with Crippen LogP contribution in [-0.4, -0.2) is 44.7 Å². The minimum absolute atomic E-state index is 0.0641. The number of hydrogen-bond donors (Lipinski definition) is 0. The molecule has 4 unspecified atom stereocenters. The smallest absolute Gasteiger partial charge is 0.321 e. The SMILES string of the molecule is CCOC(=O)C12C3COC1(OC)OCC(=O)C2C3. The molecule has 2 heterocycles. The Balaban J connectivity index is 2.06. The van der Waals surface area contributed by atoms with E-state index in [0.717, 1.165) is 0 Å². The van der Waals surface area contributed by atoms with Crippen molar-refractivity contribution in [1.82, 2.24) is 0 Å². The van der Waals surface area contributed by atoms with E-state index in [1.807, 2.05) is 0 Å². The highest BCUT2D eigenvalue weighted by atomic mass is 16.9. The molecule has 3 rings (SSSR count). The van der Waals surface area contributed by atoms with E-state index in [1.54, 1.807) is 6.92 Å². The summed E-state index contributed by atoms with van der Waals surface area (Å²) in [4.78, 5) is 24.2. The van der Waals surface area contributed by atoms with E-state index in [0.29, 0.717) is 13.0 Å². The zero-order chi connectivity index (χ0) is 13.0. The van der Waals surface area contributed by atoms with Crippen LogP contribution in [0.5, 0.6) is 0 Å². The van der Waals surface area contributed by atoms with Crippen molar-refractivity contribution in [2.45, 2.75) is 19.3 Å². The zero-order valence-corrected chi connectivity index (χ0v) is 10.4. The number of hydrogen-bond acceptors (Lipinski definition) is 6. The maximum atomic E-state index is 12.3. The van der Waals surface area contributed by atoms with Crippen LogP contribution in [0.4, 0.5) is 0 Å². The molecule has 0 radical (unpaired) electrons. The van der Waals surface area contributed by atoms with Gasteiger partial charge in [-0.25, -0.2) is 0 Å². The summed E-state index contributed by atoms with van der Waals surface area (Å²) in [6, 6.07) is 0. The Morgan fingerprint density at radius 3 is 2.94 bits per heavy atom. The molecule has 0 amide bonds. The molecule has 4 atom stereocenters. The first-order chi connectivity index (χ1) is 8.62. The molecular formula is C12H16O6. The van der Waals surface area contributed by atoms with Gasteiger partial charge in [-0.05, 0) is 13.3 Å². The van der Waals surface area contributed by atoms with Gasteiger partial charge < -0.3 is 18.9 Å². The van der Waals surface area contributed by atoms with Crippen molar-refractivity contribution < 1.29 is 28.5 Å². The van der Waals surface area contributed by atoms with Crippen LogP contribution in [0.3, 0.4) is 0 Å². The number of esters is 1. The van der Waals surface area contributed by atoms with Crippen molar-refractivity contribution in [2.24, 2.45) is 17.3 Å². The fourth-order valence-corrected chi connectivity index (χ4v) is 3.56. The van der Waals surface area contributed by atoms with Crippen LogP contribution in [0.25, 0.3) is 0 Å². The average Bonchev–Trinajstić information content (AvgIpc) is 2.62. The van der Waals surface area contributed by atoms with Gasteiger partial charge in [0.25, 0.3) is 0 Å². The van der Waals surface area contributed by atoms with E-state index < -0.39 is 23.3 Å². The molecule has 0 spiro atoms. The molecule has 1 saturated carbocycles. The number of ketones is 1. The van der Waals surface area contributed by atoms with E-state index in [4.69, 9.17) is 18.9 Å². The van der Waals surface area contributed by atoms with Gasteiger partial charge in [0, 0.05) is 18.9 Å². The Bertz CT molecular complexity index is 407. The predicted octanol–water partition coefficient (Wildman–Crippen LogP) is 0.102. The largest absolute Gasteiger partial charge is 0.465 e. The molecule has 6 nitrogen and oxygen atoms in total. The van der Waals surface area contributed by atoms with Crippen LogP contribution in [-0.2, 0) is 28.5 Å². The van der Waals surface area contributed by atoms with Gasteiger partial charge in [-0.2, -0.15) is 0 Å². The summed E-state index contributed by atoms with van der Waals surface area (Å²) in [5.74, 6) is -2.43. The third kappa shape index (κ3) is 1.09. The molecule has 1 aliphatic carbocycles. The van der Waals surface area contributed by atoms with Crippen molar-refractivity contribution >= 4 is 11.8 Å². The lowest BCUT2D eigenvalue weighted by Crippen LogP contribution is -2.71. The Labute approximate surface area is 105 Å². The Kier molecular flexibility index (Phi) is 2.52. The summed E-state index contributed by atoms with van der Waals surface area (Å²) >= 11 is 0. The van der Waals surface area contributed by atoms with Gasteiger partial charge in [-0.15, -0.1) is 0 Å². The summed E-state index contributed by atoms with van der Waals surface area (Å²) in [7, 11) is 1.43. The van der Waals surface area contributed by atoms with Crippen molar-refractivity contribution in [2.75, 3.05) is 26.9 Å². The van der Waals surface area contributed by atoms with E-state index >= 15 is 0 Å². The number of Topliss-reactive ketones (excluding diaryl/α,β-unsaturated/α-hetero) is 1. The van der Waals surface area contributed by atoms with Gasteiger partial charge in [-0.3, -0.25) is 9.59 Å². The number of carbonyl (C=O) groups excluding carboxylic acids is 2. The minimum Gasteiger partial charge on any atom is -0.465 e. The number of carbonyl (C=O) groups is 2. The predicted molar refractivity (Wildman–Crippen MR) is 57.3 cm³/mol. The molecule has 0 N–H and O–H groups in total. The molecule has 0 aromatic rings. The maximum absolute atomic E-state index is 12.3. The van der Waals surface area contributed by atoms with Crippen LogP contribution in [0, 0.1) is 17.3 Å². The Morgan fingerprint density at radius 2 is 2.28 bits per heavy atom. The second-order valence-corrected chi connectivity index (χ2v) is 4.90. The van der Waals surface area contributed by atoms with Crippen LogP contribution in [0.1, 0.15) is 13.3 Å². The molecule has 3 aliphatic rings. The highest BCUT2D eigenvalue weighted by Gasteiger charge is 2.81. The molecule has 3 fully saturated rings. The number of ether oxygens (including phenoxy) is 4. The minimum atomic E-state index is -1.44. The molecule has 2 aliphatic heterocycles. The molecule has 18 heavy (non-hydrogen) atoms. The van der Waals surface area contributed by atoms with Crippen LogP contribution in [0.2, 0.25) is 0 Å². The average molecular weight is 256 g/mol. The van der Waals surface area contributed by atoms with Crippen LogP contribution >= 0.6 is 0 Å². The van der Waals surface area contributed by atoms with Crippen LogP contribution < -0.4 is 0 Å². The first-order valence-corrected chi connectivity index (χ1v) is 6.15. The molecular weight excluding hydrogens is 240 g/mol. The normalized spacial score (nSPS) is 45.3. The van der Waals surface area contributed by atoms with Gasteiger partial charge in [0.1, 0.15) is 6.61 Å². The number of methoxy groups -OCH3 is 1. The fraction of sp³-hybridized carbons (Fsp3) is 0.833. The quantitative estimate of drug-likeness (QED) is 0.667. The Morgan fingerprint density at radius 1 is 1.50 bits per heavy atom.